The van der Waals surface area contributed by atoms with E-state index in [9.17, 15) is 4.79 Å². The van der Waals surface area contributed by atoms with Crippen molar-refractivity contribution in [2.75, 3.05) is 26.1 Å². The van der Waals surface area contributed by atoms with Crippen LogP contribution >= 0.6 is 11.5 Å². The van der Waals surface area contributed by atoms with Crippen LogP contribution in [0.4, 0.5) is 5.13 Å². The molecule has 0 spiro atoms. The summed E-state index contributed by atoms with van der Waals surface area (Å²) in [5.74, 6) is 2.20. The molecule has 3 aromatic rings. The molecule has 0 saturated carbocycles. The summed E-state index contributed by atoms with van der Waals surface area (Å²) in [6, 6.07) is 14.9. The fourth-order valence-corrected chi connectivity index (χ4v) is 3.80. The third-order valence-corrected chi connectivity index (χ3v) is 5.54. The van der Waals surface area contributed by atoms with Crippen molar-refractivity contribution < 1.29 is 14.3 Å². The average Bonchev–Trinajstić information content (AvgIpc) is 3.25. The Morgan fingerprint density at radius 2 is 1.87 bits per heavy atom. The average molecular weight is 441 g/mol. The van der Waals surface area contributed by atoms with E-state index in [0.717, 1.165) is 40.9 Å². The number of hydrogen-bond acceptors (Lipinski definition) is 7. The van der Waals surface area contributed by atoms with Crippen LogP contribution in [0.15, 0.2) is 48.5 Å². The molecule has 1 heterocycles. The monoisotopic (exact) mass is 440 g/mol. The fourth-order valence-electron chi connectivity index (χ4n) is 3.21. The van der Waals surface area contributed by atoms with Gasteiger partial charge in [0.2, 0.25) is 5.13 Å². The molecule has 164 valence electrons. The summed E-state index contributed by atoms with van der Waals surface area (Å²) >= 11 is 1.32. The third kappa shape index (κ3) is 6.42. The van der Waals surface area contributed by atoms with Crippen molar-refractivity contribution in [3.05, 3.63) is 65.5 Å². The van der Waals surface area contributed by atoms with Gasteiger partial charge in [0.25, 0.3) is 5.91 Å². The van der Waals surface area contributed by atoms with Crippen LogP contribution in [-0.2, 0) is 6.42 Å². The molecule has 1 aromatic heterocycles. The number of nitrogens with one attached hydrogen (secondary N) is 2. The zero-order valence-corrected chi connectivity index (χ0v) is 18.9. The van der Waals surface area contributed by atoms with Crippen LogP contribution in [0.1, 0.15) is 41.5 Å². The van der Waals surface area contributed by atoms with E-state index in [0.29, 0.717) is 18.5 Å². The number of ether oxygens (including phenoxy) is 2. The molecule has 8 heteroatoms. The Kier molecular flexibility index (Phi) is 8.23. The van der Waals surface area contributed by atoms with Gasteiger partial charge < -0.3 is 20.1 Å². The van der Waals surface area contributed by atoms with Gasteiger partial charge in [-0.3, -0.25) is 4.79 Å². The second-order valence-electron chi connectivity index (χ2n) is 7.07. The Balaban J connectivity index is 1.56. The number of aromatic nitrogens is 2. The number of benzene rings is 2. The predicted octanol–water partition coefficient (Wildman–Crippen LogP) is 4.16. The number of hydrogen-bond donors (Lipinski definition) is 2. The van der Waals surface area contributed by atoms with Crippen molar-refractivity contribution in [1.82, 2.24) is 14.7 Å². The van der Waals surface area contributed by atoms with Crippen molar-refractivity contribution >= 4 is 22.6 Å². The molecule has 2 N–H and O–H groups in total. The lowest BCUT2D eigenvalue weighted by molar-refractivity contribution is 0.0937. The molecule has 2 aromatic carbocycles. The maximum Gasteiger partial charge on any atom is 0.251 e. The molecule has 0 fully saturated rings. The van der Waals surface area contributed by atoms with Gasteiger partial charge in [-0.15, -0.1) is 0 Å². The largest absolute Gasteiger partial charge is 0.497 e. The summed E-state index contributed by atoms with van der Waals surface area (Å²) in [6.07, 6.45) is 2.43. The van der Waals surface area contributed by atoms with Gasteiger partial charge in [-0.2, -0.15) is 4.37 Å². The molecule has 1 amide bonds. The summed E-state index contributed by atoms with van der Waals surface area (Å²) in [7, 11) is 3.27. The van der Waals surface area contributed by atoms with Gasteiger partial charge in [0.1, 0.15) is 17.3 Å². The number of methoxy groups -OCH3 is 2. The van der Waals surface area contributed by atoms with Gasteiger partial charge in [0, 0.05) is 41.7 Å². The standard InChI is InChI=1S/C23H28N4O3S/c1-4-7-18(25-22(28)16-10-12-19(29-2)13-11-16)15-24-23-26-21(27-31-23)14-17-8-5-6-9-20(17)30-3/h5-6,8-13,18H,4,7,14-15H2,1-3H3,(H,25,28)(H,24,26,27). The molecule has 0 radical (unpaired) electrons. The Morgan fingerprint density at radius 1 is 1.10 bits per heavy atom. The van der Waals surface area contributed by atoms with Gasteiger partial charge in [-0.1, -0.05) is 31.5 Å². The van der Waals surface area contributed by atoms with E-state index in [-0.39, 0.29) is 11.9 Å². The molecule has 3 rings (SSSR count). The number of carbonyl (C=O) groups is 1. The Morgan fingerprint density at radius 3 is 2.58 bits per heavy atom. The lowest BCUT2D eigenvalue weighted by atomic mass is 10.1. The second-order valence-corrected chi connectivity index (χ2v) is 7.82. The topological polar surface area (TPSA) is 85.4 Å². The Bertz CT molecular complexity index is 975. The number of carbonyl (C=O) groups excluding carboxylic acids is 1. The minimum absolute atomic E-state index is 0.0128. The van der Waals surface area contributed by atoms with Gasteiger partial charge in [-0.05, 0) is 36.8 Å². The summed E-state index contributed by atoms with van der Waals surface area (Å²) in [4.78, 5) is 17.2. The molecule has 0 aliphatic carbocycles. The van der Waals surface area contributed by atoms with E-state index in [1.807, 2.05) is 24.3 Å². The minimum Gasteiger partial charge on any atom is -0.497 e. The van der Waals surface area contributed by atoms with Crippen LogP contribution < -0.4 is 20.1 Å². The van der Waals surface area contributed by atoms with Gasteiger partial charge in [0.05, 0.1) is 14.2 Å². The minimum atomic E-state index is -0.1000. The third-order valence-electron chi connectivity index (χ3n) is 4.83. The lowest BCUT2D eigenvalue weighted by Gasteiger charge is -2.18. The normalized spacial score (nSPS) is 11.6. The molecular weight excluding hydrogens is 412 g/mol. The maximum absolute atomic E-state index is 12.6. The maximum atomic E-state index is 12.6. The number of rotatable bonds is 11. The highest BCUT2D eigenvalue weighted by atomic mass is 32.1. The predicted molar refractivity (Wildman–Crippen MR) is 123 cm³/mol. The van der Waals surface area contributed by atoms with E-state index in [1.54, 1.807) is 38.5 Å². The molecule has 1 atom stereocenters. The van der Waals surface area contributed by atoms with Crippen molar-refractivity contribution in [3.8, 4) is 11.5 Å². The van der Waals surface area contributed by atoms with Gasteiger partial charge >= 0.3 is 0 Å². The molecule has 0 bridgehead atoms. The molecule has 0 aliphatic rings. The molecule has 1 unspecified atom stereocenters. The van der Waals surface area contributed by atoms with Crippen molar-refractivity contribution in [2.45, 2.75) is 32.2 Å². The van der Waals surface area contributed by atoms with E-state index in [4.69, 9.17) is 9.47 Å². The first kappa shape index (κ1) is 22.6. The molecule has 0 aliphatic heterocycles. The van der Waals surface area contributed by atoms with Crippen LogP contribution in [0.2, 0.25) is 0 Å². The molecule has 31 heavy (non-hydrogen) atoms. The van der Waals surface area contributed by atoms with Crippen LogP contribution in [0.25, 0.3) is 0 Å². The fraction of sp³-hybridized carbons (Fsp3) is 0.348. The van der Waals surface area contributed by atoms with Crippen molar-refractivity contribution in [3.63, 3.8) is 0 Å². The molecule has 7 nitrogen and oxygen atoms in total. The van der Waals surface area contributed by atoms with Crippen LogP contribution in [-0.4, -0.2) is 42.1 Å². The summed E-state index contributed by atoms with van der Waals surface area (Å²) in [6.45, 7) is 2.68. The highest BCUT2D eigenvalue weighted by molar-refractivity contribution is 7.09. The number of amides is 1. The first-order valence-electron chi connectivity index (χ1n) is 10.3. The van der Waals surface area contributed by atoms with E-state index >= 15 is 0 Å². The highest BCUT2D eigenvalue weighted by Gasteiger charge is 2.15. The van der Waals surface area contributed by atoms with E-state index < -0.39 is 0 Å². The highest BCUT2D eigenvalue weighted by Crippen LogP contribution is 2.21. The summed E-state index contributed by atoms with van der Waals surface area (Å²) in [5.41, 5.74) is 1.65. The van der Waals surface area contributed by atoms with Crippen LogP contribution in [0.5, 0.6) is 11.5 Å². The quantitative estimate of drug-likeness (QED) is 0.466. The first-order valence-corrected chi connectivity index (χ1v) is 11.0. The lowest BCUT2D eigenvalue weighted by Crippen LogP contribution is -2.39. The zero-order chi connectivity index (χ0) is 22.1. The Hall–Kier alpha value is -3.13. The molecule has 0 saturated heterocycles. The van der Waals surface area contributed by atoms with E-state index in [1.165, 1.54) is 11.5 Å². The zero-order valence-electron chi connectivity index (χ0n) is 18.1. The van der Waals surface area contributed by atoms with Gasteiger partial charge in [-0.25, -0.2) is 4.98 Å². The Labute approximate surface area is 187 Å². The number of anilines is 1. The van der Waals surface area contributed by atoms with E-state index in [2.05, 4.69) is 26.9 Å². The summed E-state index contributed by atoms with van der Waals surface area (Å²) < 4.78 is 15.0. The summed E-state index contributed by atoms with van der Waals surface area (Å²) in [5, 5.41) is 7.16. The van der Waals surface area contributed by atoms with Crippen LogP contribution in [0.3, 0.4) is 0 Å². The van der Waals surface area contributed by atoms with Crippen molar-refractivity contribution in [1.29, 1.82) is 0 Å². The number of nitrogens with zero attached hydrogens (tertiary/aromatic N) is 2. The van der Waals surface area contributed by atoms with Crippen LogP contribution in [0, 0.1) is 0 Å². The number of para-hydroxylation sites is 1. The molecular formula is C23H28N4O3S. The van der Waals surface area contributed by atoms with Crippen molar-refractivity contribution in [2.24, 2.45) is 0 Å². The smallest absolute Gasteiger partial charge is 0.251 e. The second kappa shape index (κ2) is 11.3. The first-order chi connectivity index (χ1) is 15.1. The van der Waals surface area contributed by atoms with Gasteiger partial charge in [0.15, 0.2) is 0 Å². The SMILES string of the molecule is CCCC(CNc1nc(Cc2ccccc2OC)ns1)NC(=O)c1ccc(OC)cc1.